The predicted octanol–water partition coefficient (Wildman–Crippen LogP) is -0.0683. The lowest BCUT2D eigenvalue weighted by Crippen LogP contribution is -2.29. The molecule has 18 heavy (non-hydrogen) atoms. The van der Waals surface area contributed by atoms with E-state index in [2.05, 4.69) is 9.97 Å². The first-order valence-corrected chi connectivity index (χ1v) is 5.91. The van der Waals surface area contributed by atoms with Crippen LogP contribution in [0.25, 0.3) is 11.0 Å². The van der Waals surface area contributed by atoms with Crippen molar-refractivity contribution < 1.29 is 10.2 Å². The fourth-order valence-corrected chi connectivity index (χ4v) is 1.92. The second-order valence-corrected chi connectivity index (χ2v) is 4.18. The van der Waals surface area contributed by atoms with Crippen LogP contribution in [0, 0.1) is 0 Å². The Morgan fingerprint density at radius 3 is 2.61 bits per heavy atom. The second kappa shape index (κ2) is 5.81. The van der Waals surface area contributed by atoms with Crippen molar-refractivity contribution in [1.29, 1.82) is 0 Å². The van der Waals surface area contributed by atoms with Gasteiger partial charge < -0.3 is 20.9 Å². The molecule has 0 atom stereocenters. The Morgan fingerprint density at radius 1 is 1.22 bits per heavy atom. The molecule has 0 amide bonds. The molecule has 1 aromatic heterocycles. The van der Waals surface area contributed by atoms with Crippen molar-refractivity contribution in [3.8, 4) is 0 Å². The normalized spacial score (nSPS) is 11.5. The number of H-pyrrole nitrogens is 1. The number of imidazole rings is 1. The van der Waals surface area contributed by atoms with Crippen molar-refractivity contribution in [3.63, 3.8) is 0 Å². The minimum absolute atomic E-state index is 0.0627. The number of aliphatic hydroxyl groups excluding tert-OH is 2. The van der Waals surface area contributed by atoms with Gasteiger partial charge in [0.25, 0.3) is 0 Å². The van der Waals surface area contributed by atoms with E-state index in [0.29, 0.717) is 25.3 Å². The van der Waals surface area contributed by atoms with E-state index in [1.165, 1.54) is 0 Å². The highest BCUT2D eigenvalue weighted by atomic mass is 16.3. The standard InChI is InChI=1S/C12H18N4O2/c13-9-1-2-10-11(7-9)15-12(14-10)8-16(3-5-17)4-6-18/h1-2,7,17-18H,3-6,8,13H2,(H,14,15). The summed E-state index contributed by atoms with van der Waals surface area (Å²) in [5.74, 6) is 0.803. The van der Waals surface area contributed by atoms with Gasteiger partial charge in [0.2, 0.25) is 0 Å². The molecule has 5 N–H and O–H groups in total. The van der Waals surface area contributed by atoms with E-state index in [-0.39, 0.29) is 13.2 Å². The highest BCUT2D eigenvalue weighted by Crippen LogP contribution is 2.15. The summed E-state index contributed by atoms with van der Waals surface area (Å²) in [6.07, 6.45) is 0. The summed E-state index contributed by atoms with van der Waals surface area (Å²) in [5.41, 5.74) is 8.17. The van der Waals surface area contributed by atoms with Crippen molar-refractivity contribution in [2.75, 3.05) is 32.0 Å². The molecule has 0 bridgehead atoms. The summed E-state index contributed by atoms with van der Waals surface area (Å²) < 4.78 is 0. The zero-order valence-corrected chi connectivity index (χ0v) is 10.1. The molecule has 0 aliphatic carbocycles. The first-order chi connectivity index (χ1) is 8.72. The number of anilines is 1. The molecule has 0 spiro atoms. The van der Waals surface area contributed by atoms with Gasteiger partial charge in [0.15, 0.2) is 0 Å². The molecule has 0 aliphatic heterocycles. The fourth-order valence-electron chi connectivity index (χ4n) is 1.92. The lowest BCUT2D eigenvalue weighted by Gasteiger charge is -2.18. The van der Waals surface area contributed by atoms with E-state index in [1.54, 1.807) is 0 Å². The minimum atomic E-state index is 0.0627. The number of aromatic nitrogens is 2. The Bertz CT molecular complexity index is 506. The van der Waals surface area contributed by atoms with Crippen LogP contribution in [-0.4, -0.2) is 51.4 Å². The van der Waals surface area contributed by atoms with Crippen molar-refractivity contribution in [2.24, 2.45) is 0 Å². The smallest absolute Gasteiger partial charge is 0.121 e. The zero-order valence-electron chi connectivity index (χ0n) is 10.1. The van der Waals surface area contributed by atoms with E-state index in [1.807, 2.05) is 23.1 Å². The number of aliphatic hydroxyl groups is 2. The van der Waals surface area contributed by atoms with Crippen molar-refractivity contribution in [3.05, 3.63) is 24.0 Å². The van der Waals surface area contributed by atoms with Gasteiger partial charge in [0.05, 0.1) is 30.8 Å². The van der Waals surface area contributed by atoms with Crippen LogP contribution >= 0.6 is 0 Å². The van der Waals surface area contributed by atoms with Crippen LogP contribution in [0.1, 0.15) is 5.82 Å². The Balaban J connectivity index is 2.14. The first kappa shape index (κ1) is 12.8. The molecule has 1 aromatic carbocycles. The van der Waals surface area contributed by atoms with Gasteiger partial charge in [-0.2, -0.15) is 0 Å². The quantitative estimate of drug-likeness (QED) is 0.538. The Morgan fingerprint density at radius 2 is 1.94 bits per heavy atom. The number of nitrogens with one attached hydrogen (secondary N) is 1. The molecule has 0 saturated carbocycles. The van der Waals surface area contributed by atoms with Crippen LogP contribution in [0.4, 0.5) is 5.69 Å². The van der Waals surface area contributed by atoms with Crippen LogP contribution in [0.5, 0.6) is 0 Å². The molecule has 98 valence electrons. The molecule has 2 rings (SSSR count). The SMILES string of the molecule is Nc1ccc2nc(CN(CCO)CCO)[nH]c2c1. The van der Waals surface area contributed by atoms with E-state index >= 15 is 0 Å². The van der Waals surface area contributed by atoms with Gasteiger partial charge in [-0.25, -0.2) is 4.98 Å². The Hall–Kier alpha value is -1.63. The second-order valence-electron chi connectivity index (χ2n) is 4.18. The molecular weight excluding hydrogens is 232 g/mol. The van der Waals surface area contributed by atoms with Gasteiger partial charge in [-0.05, 0) is 18.2 Å². The van der Waals surface area contributed by atoms with Crippen molar-refractivity contribution in [1.82, 2.24) is 14.9 Å². The number of hydrogen-bond donors (Lipinski definition) is 4. The lowest BCUT2D eigenvalue weighted by atomic mass is 10.3. The van der Waals surface area contributed by atoms with Crippen LogP contribution in [0.15, 0.2) is 18.2 Å². The third-order valence-corrected chi connectivity index (χ3v) is 2.76. The highest BCUT2D eigenvalue weighted by Gasteiger charge is 2.08. The molecule has 1 heterocycles. The molecule has 6 heteroatoms. The summed E-state index contributed by atoms with van der Waals surface area (Å²) in [6.45, 7) is 1.72. The monoisotopic (exact) mass is 250 g/mol. The number of benzene rings is 1. The maximum Gasteiger partial charge on any atom is 0.121 e. The van der Waals surface area contributed by atoms with Gasteiger partial charge in [-0.1, -0.05) is 0 Å². The van der Waals surface area contributed by atoms with Gasteiger partial charge in [-0.15, -0.1) is 0 Å². The largest absolute Gasteiger partial charge is 0.399 e. The summed E-state index contributed by atoms with van der Waals surface area (Å²) in [5, 5.41) is 17.9. The van der Waals surface area contributed by atoms with Gasteiger partial charge >= 0.3 is 0 Å². The fraction of sp³-hybridized carbons (Fsp3) is 0.417. The molecule has 6 nitrogen and oxygen atoms in total. The number of hydrogen-bond acceptors (Lipinski definition) is 5. The number of nitrogens with zero attached hydrogens (tertiary/aromatic N) is 2. The Kier molecular flexibility index (Phi) is 4.14. The third-order valence-electron chi connectivity index (χ3n) is 2.76. The summed E-state index contributed by atoms with van der Waals surface area (Å²) in [4.78, 5) is 9.56. The van der Waals surface area contributed by atoms with E-state index in [0.717, 1.165) is 16.9 Å². The maximum atomic E-state index is 8.95. The molecule has 0 radical (unpaired) electrons. The number of aromatic amines is 1. The molecule has 0 aliphatic rings. The number of nitrogen functional groups attached to an aromatic ring is 1. The maximum absolute atomic E-state index is 8.95. The number of rotatable bonds is 6. The van der Waals surface area contributed by atoms with Gasteiger partial charge in [0.1, 0.15) is 5.82 Å². The highest BCUT2D eigenvalue weighted by molar-refractivity contribution is 5.78. The average molecular weight is 250 g/mol. The average Bonchev–Trinajstić information content (AvgIpc) is 2.71. The summed E-state index contributed by atoms with van der Waals surface area (Å²) in [7, 11) is 0. The summed E-state index contributed by atoms with van der Waals surface area (Å²) in [6, 6.07) is 5.52. The van der Waals surface area contributed by atoms with Crippen molar-refractivity contribution >= 4 is 16.7 Å². The topological polar surface area (TPSA) is 98.4 Å². The summed E-state index contributed by atoms with van der Waals surface area (Å²) >= 11 is 0. The van der Waals surface area contributed by atoms with Crippen molar-refractivity contribution in [2.45, 2.75) is 6.54 Å². The number of fused-ring (bicyclic) bond motifs is 1. The van der Waals surface area contributed by atoms with Crippen LogP contribution < -0.4 is 5.73 Å². The first-order valence-electron chi connectivity index (χ1n) is 5.91. The van der Waals surface area contributed by atoms with Crippen LogP contribution in [-0.2, 0) is 6.54 Å². The van der Waals surface area contributed by atoms with Crippen LogP contribution in [0.2, 0.25) is 0 Å². The number of nitrogens with two attached hydrogens (primary N) is 1. The third kappa shape index (κ3) is 2.98. The zero-order chi connectivity index (χ0) is 13.0. The van der Waals surface area contributed by atoms with E-state index in [4.69, 9.17) is 15.9 Å². The van der Waals surface area contributed by atoms with Gasteiger partial charge in [0, 0.05) is 18.8 Å². The van der Waals surface area contributed by atoms with Gasteiger partial charge in [-0.3, -0.25) is 4.90 Å². The van der Waals surface area contributed by atoms with E-state index < -0.39 is 0 Å². The molecule has 0 fully saturated rings. The Labute approximate surface area is 105 Å². The molecule has 2 aromatic rings. The minimum Gasteiger partial charge on any atom is -0.399 e. The lowest BCUT2D eigenvalue weighted by molar-refractivity contribution is 0.154. The molecule has 0 saturated heterocycles. The molecule has 0 unspecified atom stereocenters. The molecular formula is C12H18N4O2. The van der Waals surface area contributed by atoms with E-state index in [9.17, 15) is 0 Å². The van der Waals surface area contributed by atoms with Crippen LogP contribution in [0.3, 0.4) is 0 Å². The predicted molar refractivity (Wildman–Crippen MR) is 70.0 cm³/mol.